The molecule has 0 aliphatic heterocycles. The maximum absolute atomic E-state index is 8.85. The Bertz CT molecular complexity index is 736. The van der Waals surface area contributed by atoms with Crippen LogP contribution in [0.1, 0.15) is 18.4 Å². The van der Waals surface area contributed by atoms with Crippen molar-refractivity contribution in [2.45, 2.75) is 19.4 Å². The number of anilines is 1. The summed E-state index contributed by atoms with van der Waals surface area (Å²) in [5, 5.41) is 12.3. The lowest BCUT2D eigenvalue weighted by atomic mass is 10.1. The average molecular weight is 295 g/mol. The number of unbranched alkanes of at least 4 members (excludes halogenated alkanes) is 1. The molecule has 2 aromatic carbocycles. The van der Waals surface area contributed by atoms with Gasteiger partial charge in [-0.05, 0) is 36.6 Å². The zero-order chi connectivity index (χ0) is 15.2. The minimum absolute atomic E-state index is 0.254. The van der Waals surface area contributed by atoms with E-state index in [0.717, 1.165) is 42.7 Å². The van der Waals surface area contributed by atoms with Gasteiger partial charge in [0, 0.05) is 18.8 Å². The van der Waals surface area contributed by atoms with Crippen LogP contribution in [0, 0.1) is 0 Å². The normalized spacial score (nSPS) is 11.0. The Morgan fingerprint density at radius 2 is 1.82 bits per heavy atom. The van der Waals surface area contributed by atoms with E-state index in [9.17, 15) is 0 Å². The maximum Gasteiger partial charge on any atom is 0.0961 e. The van der Waals surface area contributed by atoms with Gasteiger partial charge in [0.25, 0.3) is 0 Å². The molecule has 0 saturated heterocycles. The first-order chi connectivity index (χ1) is 10.9. The molecule has 0 saturated carbocycles. The number of nitrogens with zero attached hydrogens (tertiary/aromatic N) is 2. The van der Waals surface area contributed by atoms with Crippen molar-refractivity contribution < 1.29 is 5.11 Å². The number of fused-ring (bicyclic) bond motifs is 1. The average Bonchev–Trinajstić information content (AvgIpc) is 2.96. The second-order valence-electron chi connectivity index (χ2n) is 5.38. The number of imidazole rings is 1. The largest absolute Gasteiger partial charge is 0.396 e. The molecule has 0 unspecified atom stereocenters. The van der Waals surface area contributed by atoms with Crippen LogP contribution in [0.3, 0.4) is 0 Å². The van der Waals surface area contributed by atoms with Gasteiger partial charge in [-0.3, -0.25) is 0 Å². The quantitative estimate of drug-likeness (QED) is 0.658. The molecule has 0 radical (unpaired) electrons. The van der Waals surface area contributed by atoms with Crippen LogP contribution in [0.4, 0.5) is 5.69 Å². The van der Waals surface area contributed by atoms with E-state index in [4.69, 9.17) is 5.11 Å². The summed E-state index contributed by atoms with van der Waals surface area (Å²) in [5.74, 6) is 0. The van der Waals surface area contributed by atoms with Crippen molar-refractivity contribution in [3.63, 3.8) is 0 Å². The Morgan fingerprint density at radius 1 is 1.00 bits per heavy atom. The van der Waals surface area contributed by atoms with Gasteiger partial charge in [-0.2, -0.15) is 0 Å². The summed E-state index contributed by atoms with van der Waals surface area (Å²) in [6.45, 7) is 1.93. The zero-order valence-electron chi connectivity index (χ0n) is 12.6. The molecule has 0 amide bonds. The lowest BCUT2D eigenvalue weighted by Gasteiger charge is -2.13. The fraction of sp³-hybridized carbons (Fsp3) is 0.278. The number of hydrogen-bond acceptors (Lipinski definition) is 3. The molecule has 0 atom stereocenters. The molecule has 0 fully saturated rings. The molecule has 22 heavy (non-hydrogen) atoms. The van der Waals surface area contributed by atoms with Crippen molar-refractivity contribution in [3.05, 3.63) is 60.4 Å². The summed E-state index contributed by atoms with van der Waals surface area (Å²) in [4.78, 5) is 4.45. The van der Waals surface area contributed by atoms with Gasteiger partial charge in [0.1, 0.15) is 0 Å². The summed E-state index contributed by atoms with van der Waals surface area (Å²) in [5.41, 5.74) is 4.57. The molecule has 114 valence electrons. The Kier molecular flexibility index (Phi) is 4.71. The van der Waals surface area contributed by atoms with Crippen LogP contribution in [0.2, 0.25) is 0 Å². The topological polar surface area (TPSA) is 50.1 Å². The van der Waals surface area contributed by atoms with Gasteiger partial charge in [0.15, 0.2) is 0 Å². The van der Waals surface area contributed by atoms with E-state index in [2.05, 4.69) is 39.1 Å². The summed E-state index contributed by atoms with van der Waals surface area (Å²) < 4.78 is 2.17. The summed E-state index contributed by atoms with van der Waals surface area (Å²) >= 11 is 0. The third-order valence-corrected chi connectivity index (χ3v) is 3.79. The van der Waals surface area contributed by atoms with Crippen molar-refractivity contribution in [2.24, 2.45) is 0 Å². The smallest absolute Gasteiger partial charge is 0.0961 e. The molecule has 0 spiro atoms. The third kappa shape index (κ3) is 3.28. The highest BCUT2D eigenvalue weighted by Crippen LogP contribution is 2.19. The van der Waals surface area contributed by atoms with Crippen molar-refractivity contribution in [1.29, 1.82) is 0 Å². The summed E-state index contributed by atoms with van der Waals surface area (Å²) in [7, 11) is 0. The fourth-order valence-electron chi connectivity index (χ4n) is 2.61. The Hall–Kier alpha value is -2.33. The van der Waals surface area contributed by atoms with E-state index in [-0.39, 0.29) is 6.61 Å². The molecule has 3 rings (SSSR count). The van der Waals surface area contributed by atoms with E-state index in [0.29, 0.717) is 0 Å². The number of para-hydroxylation sites is 3. The van der Waals surface area contributed by atoms with Gasteiger partial charge in [-0.25, -0.2) is 4.98 Å². The highest BCUT2D eigenvalue weighted by atomic mass is 16.2. The minimum atomic E-state index is 0.254. The number of nitrogens with one attached hydrogen (secondary N) is 1. The van der Waals surface area contributed by atoms with E-state index in [1.54, 1.807) is 0 Å². The number of aliphatic hydroxyl groups excluding tert-OH is 1. The fourth-order valence-corrected chi connectivity index (χ4v) is 2.61. The van der Waals surface area contributed by atoms with Crippen LogP contribution in [-0.4, -0.2) is 27.8 Å². The van der Waals surface area contributed by atoms with Crippen LogP contribution >= 0.6 is 0 Å². The second kappa shape index (κ2) is 7.09. The second-order valence-corrected chi connectivity index (χ2v) is 5.38. The predicted molar refractivity (Wildman–Crippen MR) is 90.1 cm³/mol. The van der Waals surface area contributed by atoms with Crippen molar-refractivity contribution in [2.75, 3.05) is 18.5 Å². The summed E-state index contributed by atoms with van der Waals surface area (Å²) in [6.07, 6.45) is 3.70. The van der Waals surface area contributed by atoms with Gasteiger partial charge in [0.2, 0.25) is 0 Å². The van der Waals surface area contributed by atoms with Gasteiger partial charge in [0.05, 0.1) is 23.9 Å². The molecule has 1 heterocycles. The summed E-state index contributed by atoms with van der Waals surface area (Å²) in [6, 6.07) is 16.5. The first-order valence-corrected chi connectivity index (χ1v) is 7.71. The van der Waals surface area contributed by atoms with E-state index >= 15 is 0 Å². The maximum atomic E-state index is 8.85. The van der Waals surface area contributed by atoms with Crippen LogP contribution in [0.25, 0.3) is 11.0 Å². The van der Waals surface area contributed by atoms with Crippen molar-refractivity contribution >= 4 is 16.7 Å². The van der Waals surface area contributed by atoms with Gasteiger partial charge >= 0.3 is 0 Å². The minimum Gasteiger partial charge on any atom is -0.396 e. The molecule has 0 bridgehead atoms. The van der Waals surface area contributed by atoms with Crippen LogP contribution in [-0.2, 0) is 6.54 Å². The molecule has 4 heteroatoms. The lowest BCUT2D eigenvalue weighted by Crippen LogP contribution is -2.07. The molecule has 2 N–H and O–H groups in total. The van der Waals surface area contributed by atoms with E-state index < -0.39 is 0 Å². The monoisotopic (exact) mass is 295 g/mol. The zero-order valence-corrected chi connectivity index (χ0v) is 12.6. The number of benzene rings is 2. The van der Waals surface area contributed by atoms with E-state index in [1.807, 2.05) is 30.6 Å². The van der Waals surface area contributed by atoms with Crippen LogP contribution in [0.5, 0.6) is 0 Å². The van der Waals surface area contributed by atoms with Gasteiger partial charge in [-0.15, -0.1) is 0 Å². The van der Waals surface area contributed by atoms with E-state index in [1.165, 1.54) is 5.56 Å². The van der Waals surface area contributed by atoms with Crippen LogP contribution < -0.4 is 5.32 Å². The molecule has 0 aliphatic carbocycles. The highest BCUT2D eigenvalue weighted by molar-refractivity contribution is 5.75. The van der Waals surface area contributed by atoms with Gasteiger partial charge in [-0.1, -0.05) is 30.3 Å². The first-order valence-electron chi connectivity index (χ1n) is 7.71. The molecular weight excluding hydrogens is 274 g/mol. The first kappa shape index (κ1) is 14.6. The predicted octanol–water partition coefficient (Wildman–Crippen LogP) is 3.27. The Morgan fingerprint density at radius 3 is 2.73 bits per heavy atom. The molecule has 3 aromatic rings. The number of aliphatic hydroxyl groups is 1. The highest BCUT2D eigenvalue weighted by Gasteiger charge is 2.05. The SMILES string of the molecule is OCCCCNc1ccccc1Cn1cnc2ccccc21. The number of aromatic nitrogens is 2. The molecular formula is C18H21N3O. The molecule has 4 nitrogen and oxygen atoms in total. The number of hydrogen-bond donors (Lipinski definition) is 2. The van der Waals surface area contributed by atoms with Crippen molar-refractivity contribution in [3.8, 4) is 0 Å². The lowest BCUT2D eigenvalue weighted by molar-refractivity contribution is 0.286. The Balaban J connectivity index is 1.77. The molecule has 1 aromatic heterocycles. The van der Waals surface area contributed by atoms with Crippen molar-refractivity contribution in [1.82, 2.24) is 9.55 Å². The van der Waals surface area contributed by atoms with Gasteiger partial charge < -0.3 is 15.0 Å². The standard InChI is InChI=1S/C18H21N3O/c22-12-6-5-11-19-16-8-2-1-7-15(16)13-21-14-20-17-9-3-4-10-18(17)21/h1-4,7-10,14,19,22H,5-6,11-13H2. The van der Waals surface area contributed by atoms with Crippen LogP contribution in [0.15, 0.2) is 54.9 Å². The molecule has 0 aliphatic rings. The number of rotatable bonds is 7. The third-order valence-electron chi connectivity index (χ3n) is 3.79. The Labute approximate surface area is 130 Å².